The van der Waals surface area contributed by atoms with E-state index in [9.17, 15) is 23.1 Å². The summed E-state index contributed by atoms with van der Waals surface area (Å²) in [6.07, 6.45) is -4.14. The monoisotopic (exact) mass is 288 g/mol. The molecule has 0 amide bonds. The fourth-order valence-electron chi connectivity index (χ4n) is 2.79. The van der Waals surface area contributed by atoms with Gasteiger partial charge in [0, 0.05) is 0 Å². The van der Waals surface area contributed by atoms with E-state index in [-0.39, 0.29) is 5.75 Å². The van der Waals surface area contributed by atoms with Crippen LogP contribution in [0.5, 0.6) is 5.75 Å². The van der Waals surface area contributed by atoms with Gasteiger partial charge in [0.15, 0.2) is 0 Å². The van der Waals surface area contributed by atoms with Crippen LogP contribution in [0.25, 0.3) is 0 Å². The van der Waals surface area contributed by atoms with Gasteiger partial charge in [-0.3, -0.25) is 4.79 Å². The van der Waals surface area contributed by atoms with Crippen LogP contribution in [0, 0.1) is 5.41 Å². The highest BCUT2D eigenvalue weighted by Gasteiger charge is 2.67. The number of rotatable bonds is 3. The standard InChI is InChI=1S/C14H15F3O3/c1-12(2)7-13(12,11(18)19)8-4-5-9(14(15,16)17)10(6-8)20-3/h4-6H,7H2,1-3H3,(H,18,19). The molecule has 0 aromatic heterocycles. The molecule has 1 aromatic rings. The van der Waals surface area contributed by atoms with E-state index in [2.05, 4.69) is 0 Å². The van der Waals surface area contributed by atoms with E-state index in [1.807, 2.05) is 0 Å². The minimum atomic E-state index is -4.53. The number of carbonyl (C=O) groups is 1. The Hall–Kier alpha value is -1.72. The van der Waals surface area contributed by atoms with Gasteiger partial charge in [-0.15, -0.1) is 0 Å². The normalized spacial score (nSPS) is 24.3. The van der Waals surface area contributed by atoms with Crippen molar-refractivity contribution in [2.75, 3.05) is 7.11 Å². The van der Waals surface area contributed by atoms with Crippen molar-refractivity contribution in [3.63, 3.8) is 0 Å². The summed E-state index contributed by atoms with van der Waals surface area (Å²) < 4.78 is 43.2. The quantitative estimate of drug-likeness (QED) is 0.926. The van der Waals surface area contributed by atoms with Crippen LogP contribution in [0.15, 0.2) is 18.2 Å². The van der Waals surface area contributed by atoms with Crippen LogP contribution in [0.4, 0.5) is 13.2 Å². The molecule has 1 unspecified atom stereocenters. The third kappa shape index (κ3) is 1.94. The largest absolute Gasteiger partial charge is 0.496 e. The van der Waals surface area contributed by atoms with Gasteiger partial charge in [0.1, 0.15) is 5.75 Å². The van der Waals surface area contributed by atoms with Crippen LogP contribution < -0.4 is 4.74 Å². The predicted molar refractivity (Wildman–Crippen MR) is 65.7 cm³/mol. The van der Waals surface area contributed by atoms with Crippen molar-refractivity contribution in [3.05, 3.63) is 29.3 Å². The van der Waals surface area contributed by atoms with Crippen molar-refractivity contribution in [1.82, 2.24) is 0 Å². The van der Waals surface area contributed by atoms with E-state index in [1.54, 1.807) is 13.8 Å². The fourth-order valence-corrected chi connectivity index (χ4v) is 2.79. The second kappa shape index (κ2) is 4.14. The van der Waals surface area contributed by atoms with Gasteiger partial charge in [-0.1, -0.05) is 19.9 Å². The van der Waals surface area contributed by atoms with E-state index in [0.717, 1.165) is 13.2 Å². The summed E-state index contributed by atoms with van der Waals surface area (Å²) in [6.45, 7) is 3.57. The predicted octanol–water partition coefficient (Wildman–Crippen LogP) is 3.47. The van der Waals surface area contributed by atoms with E-state index in [0.29, 0.717) is 12.0 Å². The molecule has 6 heteroatoms. The zero-order valence-electron chi connectivity index (χ0n) is 11.3. The number of halogens is 3. The van der Waals surface area contributed by atoms with Crippen LogP contribution >= 0.6 is 0 Å². The summed E-state index contributed by atoms with van der Waals surface area (Å²) in [7, 11) is 1.14. The second-order valence-electron chi connectivity index (χ2n) is 5.68. The summed E-state index contributed by atoms with van der Waals surface area (Å²) in [4.78, 5) is 11.5. The topological polar surface area (TPSA) is 46.5 Å². The summed E-state index contributed by atoms with van der Waals surface area (Å²) in [6, 6.07) is 3.30. The molecular formula is C14H15F3O3. The molecular weight excluding hydrogens is 273 g/mol. The Bertz CT molecular complexity index is 563. The maximum absolute atomic E-state index is 12.8. The van der Waals surface area contributed by atoms with Gasteiger partial charge in [-0.2, -0.15) is 13.2 Å². The molecule has 1 aliphatic rings. The molecule has 1 aliphatic carbocycles. The molecule has 0 bridgehead atoms. The number of alkyl halides is 3. The number of hydrogen-bond acceptors (Lipinski definition) is 2. The molecule has 3 nitrogen and oxygen atoms in total. The van der Waals surface area contributed by atoms with Crippen molar-refractivity contribution in [1.29, 1.82) is 0 Å². The fraction of sp³-hybridized carbons (Fsp3) is 0.500. The molecule has 110 valence electrons. The second-order valence-corrected chi connectivity index (χ2v) is 5.68. The lowest BCUT2D eigenvalue weighted by molar-refractivity contribution is -0.141. The minimum Gasteiger partial charge on any atom is -0.496 e. The first-order chi connectivity index (χ1) is 9.06. The minimum absolute atomic E-state index is 0.347. The summed E-state index contributed by atoms with van der Waals surface area (Å²) in [5, 5.41) is 9.42. The Morgan fingerprint density at radius 3 is 2.25 bits per heavy atom. The average molecular weight is 288 g/mol. The zero-order valence-corrected chi connectivity index (χ0v) is 11.3. The molecule has 1 aromatic carbocycles. The van der Waals surface area contributed by atoms with E-state index >= 15 is 0 Å². The number of carboxylic acids is 1. The molecule has 0 spiro atoms. The number of benzene rings is 1. The third-order valence-corrected chi connectivity index (χ3v) is 4.10. The molecule has 20 heavy (non-hydrogen) atoms. The lowest BCUT2D eigenvalue weighted by Gasteiger charge is -2.19. The molecule has 0 saturated heterocycles. The van der Waals surface area contributed by atoms with Gasteiger partial charge in [0.2, 0.25) is 0 Å². The molecule has 1 atom stereocenters. The smallest absolute Gasteiger partial charge is 0.419 e. The zero-order chi connectivity index (χ0) is 15.3. The first kappa shape index (κ1) is 14.7. The van der Waals surface area contributed by atoms with E-state index in [1.165, 1.54) is 12.1 Å². The Kier molecular flexibility index (Phi) is 3.04. The lowest BCUT2D eigenvalue weighted by atomic mass is 9.87. The average Bonchev–Trinajstić information content (AvgIpc) is 2.92. The Morgan fingerprint density at radius 2 is 1.90 bits per heavy atom. The maximum Gasteiger partial charge on any atom is 0.419 e. The summed E-state index contributed by atoms with van der Waals surface area (Å²) >= 11 is 0. The number of aliphatic carboxylic acids is 1. The number of hydrogen-bond donors (Lipinski definition) is 1. The van der Waals surface area contributed by atoms with Crippen LogP contribution in [0.1, 0.15) is 31.4 Å². The van der Waals surface area contributed by atoms with E-state index < -0.39 is 28.5 Å². The molecule has 0 heterocycles. The molecule has 1 fully saturated rings. The van der Waals surface area contributed by atoms with Crippen molar-refractivity contribution in [2.45, 2.75) is 31.9 Å². The number of carboxylic acid groups (broad SMARTS) is 1. The maximum atomic E-state index is 12.8. The van der Waals surface area contributed by atoms with Crippen molar-refractivity contribution in [3.8, 4) is 5.75 Å². The number of ether oxygens (including phenoxy) is 1. The van der Waals surface area contributed by atoms with Gasteiger partial charge >= 0.3 is 12.1 Å². The Labute approximate surface area is 114 Å². The lowest BCUT2D eigenvalue weighted by Crippen LogP contribution is -2.25. The molecule has 0 radical (unpaired) electrons. The summed E-state index contributed by atoms with van der Waals surface area (Å²) in [5.41, 5.74) is -2.17. The van der Waals surface area contributed by atoms with Crippen LogP contribution in [-0.4, -0.2) is 18.2 Å². The van der Waals surface area contributed by atoms with Gasteiger partial charge in [-0.05, 0) is 29.5 Å². The van der Waals surface area contributed by atoms with E-state index in [4.69, 9.17) is 4.74 Å². The third-order valence-electron chi connectivity index (χ3n) is 4.10. The SMILES string of the molecule is COc1cc(C2(C(=O)O)CC2(C)C)ccc1C(F)(F)F. The van der Waals surface area contributed by atoms with Crippen LogP contribution in [-0.2, 0) is 16.4 Å². The molecule has 1 saturated carbocycles. The highest BCUT2D eigenvalue weighted by Crippen LogP contribution is 2.64. The highest BCUT2D eigenvalue weighted by atomic mass is 19.4. The molecule has 0 aliphatic heterocycles. The first-order valence-corrected chi connectivity index (χ1v) is 6.05. The Balaban J connectivity index is 2.54. The Morgan fingerprint density at radius 1 is 1.35 bits per heavy atom. The first-order valence-electron chi connectivity index (χ1n) is 6.05. The van der Waals surface area contributed by atoms with Gasteiger partial charge in [0.25, 0.3) is 0 Å². The van der Waals surface area contributed by atoms with Crippen molar-refractivity contribution in [2.24, 2.45) is 5.41 Å². The molecule has 2 rings (SSSR count). The van der Waals surface area contributed by atoms with Gasteiger partial charge < -0.3 is 9.84 Å². The van der Waals surface area contributed by atoms with Gasteiger partial charge in [0.05, 0.1) is 18.1 Å². The van der Waals surface area contributed by atoms with Crippen LogP contribution in [0.3, 0.4) is 0 Å². The molecule has 1 N–H and O–H groups in total. The van der Waals surface area contributed by atoms with Gasteiger partial charge in [-0.25, -0.2) is 0 Å². The highest BCUT2D eigenvalue weighted by molar-refractivity contribution is 5.87. The summed E-state index contributed by atoms with van der Waals surface area (Å²) in [5.74, 6) is -1.37. The number of methoxy groups -OCH3 is 1. The van der Waals surface area contributed by atoms with Crippen LogP contribution in [0.2, 0.25) is 0 Å². The van der Waals surface area contributed by atoms with Crippen molar-refractivity contribution >= 4 is 5.97 Å². The van der Waals surface area contributed by atoms with Crippen molar-refractivity contribution < 1.29 is 27.8 Å².